The fourth-order valence-corrected chi connectivity index (χ4v) is 3.00. The zero-order chi connectivity index (χ0) is 18.4. The van der Waals surface area contributed by atoms with Crippen molar-refractivity contribution in [3.63, 3.8) is 0 Å². The highest BCUT2D eigenvalue weighted by molar-refractivity contribution is 14.0. The van der Waals surface area contributed by atoms with Gasteiger partial charge in [-0.05, 0) is 27.4 Å². The summed E-state index contributed by atoms with van der Waals surface area (Å²) in [5.74, 6) is 1.01. The molecule has 1 aliphatic heterocycles. The third-order valence-corrected chi connectivity index (χ3v) is 4.47. The Balaban J connectivity index is 0.00000338. The van der Waals surface area contributed by atoms with Gasteiger partial charge in [-0.1, -0.05) is 0 Å². The quantitative estimate of drug-likeness (QED) is 0.361. The van der Waals surface area contributed by atoms with Gasteiger partial charge in [0.15, 0.2) is 5.96 Å². The highest BCUT2D eigenvalue weighted by Gasteiger charge is 2.23. The van der Waals surface area contributed by atoms with E-state index in [0.717, 1.165) is 24.5 Å². The van der Waals surface area contributed by atoms with Gasteiger partial charge in [0, 0.05) is 51.4 Å². The molecule has 2 rings (SSSR count). The predicted octanol–water partition coefficient (Wildman–Crippen LogP) is 0.817. The molecule has 1 fully saturated rings. The molecule has 1 aromatic heterocycles. The van der Waals surface area contributed by atoms with E-state index in [1.54, 1.807) is 4.90 Å². The van der Waals surface area contributed by atoms with E-state index >= 15 is 0 Å². The number of nitrogens with one attached hydrogen (secondary N) is 2. The van der Waals surface area contributed by atoms with Crippen molar-refractivity contribution in [3.05, 3.63) is 18.0 Å². The van der Waals surface area contributed by atoms with Gasteiger partial charge in [-0.15, -0.1) is 24.0 Å². The minimum Gasteiger partial charge on any atom is -0.357 e. The molecule has 1 aromatic rings. The summed E-state index contributed by atoms with van der Waals surface area (Å²) in [6.07, 6.45) is 5.35. The minimum absolute atomic E-state index is 0. The van der Waals surface area contributed by atoms with Gasteiger partial charge in [0.2, 0.25) is 5.91 Å². The molecule has 148 valence electrons. The zero-order valence-corrected chi connectivity index (χ0v) is 18.7. The van der Waals surface area contributed by atoms with E-state index in [2.05, 4.69) is 41.7 Å². The molecular formula is C17H32IN7O. The Labute approximate surface area is 173 Å². The first kappa shape index (κ1) is 22.7. The molecule has 2 atom stereocenters. The van der Waals surface area contributed by atoms with Crippen LogP contribution in [0.25, 0.3) is 0 Å². The lowest BCUT2D eigenvalue weighted by atomic mass is 10.1. The number of halogens is 1. The predicted molar refractivity (Wildman–Crippen MR) is 115 cm³/mol. The van der Waals surface area contributed by atoms with Gasteiger partial charge in [-0.3, -0.25) is 14.5 Å². The van der Waals surface area contributed by atoms with Crippen LogP contribution in [0.2, 0.25) is 0 Å². The van der Waals surface area contributed by atoms with E-state index in [4.69, 9.17) is 4.99 Å². The SMILES string of the molecule is CCNC(=NCC(c1cnn(C)c1)N(C)C)NC1CCC(=O)N(C)C1.I. The number of likely N-dealkylation sites (tertiary alicyclic amines) is 1. The van der Waals surface area contributed by atoms with E-state index in [-0.39, 0.29) is 42.0 Å². The van der Waals surface area contributed by atoms with Crippen LogP contribution in [0.5, 0.6) is 0 Å². The standard InChI is InChI=1S/C17H31N7O.HI/c1-6-18-17(21-14-7-8-16(25)23(4)12-14)19-10-15(22(2)3)13-9-20-24(5)11-13;/h9,11,14-15H,6-8,10,12H2,1-5H3,(H2,18,19,21);1H. The second kappa shape index (κ2) is 10.7. The summed E-state index contributed by atoms with van der Waals surface area (Å²) in [5.41, 5.74) is 1.15. The third kappa shape index (κ3) is 6.42. The lowest BCUT2D eigenvalue weighted by Gasteiger charge is -2.31. The smallest absolute Gasteiger partial charge is 0.222 e. The number of piperidine rings is 1. The average molecular weight is 477 g/mol. The summed E-state index contributed by atoms with van der Waals surface area (Å²) in [5, 5.41) is 11.0. The van der Waals surface area contributed by atoms with Crippen molar-refractivity contribution in [3.8, 4) is 0 Å². The molecule has 2 heterocycles. The summed E-state index contributed by atoms with van der Waals surface area (Å²) < 4.78 is 1.81. The van der Waals surface area contributed by atoms with E-state index in [1.807, 2.05) is 31.2 Å². The number of aryl methyl sites for hydroxylation is 1. The molecular weight excluding hydrogens is 445 g/mol. The lowest BCUT2D eigenvalue weighted by molar-refractivity contribution is -0.132. The number of guanidine groups is 1. The van der Waals surface area contributed by atoms with Crippen molar-refractivity contribution in [2.75, 3.05) is 40.8 Å². The second-order valence-corrected chi connectivity index (χ2v) is 6.80. The van der Waals surface area contributed by atoms with Gasteiger partial charge in [-0.2, -0.15) is 5.10 Å². The van der Waals surface area contributed by atoms with Crippen LogP contribution in [0, 0.1) is 0 Å². The Morgan fingerprint density at radius 2 is 2.19 bits per heavy atom. The van der Waals surface area contributed by atoms with Gasteiger partial charge in [-0.25, -0.2) is 0 Å². The molecule has 2 unspecified atom stereocenters. The monoisotopic (exact) mass is 477 g/mol. The second-order valence-electron chi connectivity index (χ2n) is 6.80. The van der Waals surface area contributed by atoms with Crippen molar-refractivity contribution in [2.45, 2.75) is 31.8 Å². The van der Waals surface area contributed by atoms with Crippen LogP contribution in [0.3, 0.4) is 0 Å². The number of hydrogen-bond acceptors (Lipinski definition) is 4. The molecule has 1 amide bonds. The van der Waals surface area contributed by atoms with Crippen LogP contribution in [0.4, 0.5) is 0 Å². The van der Waals surface area contributed by atoms with Gasteiger partial charge in [0.05, 0.1) is 18.8 Å². The molecule has 1 aliphatic rings. The van der Waals surface area contributed by atoms with Crippen molar-refractivity contribution >= 4 is 35.8 Å². The summed E-state index contributed by atoms with van der Waals surface area (Å²) >= 11 is 0. The van der Waals surface area contributed by atoms with Crippen LogP contribution in [0.1, 0.15) is 31.4 Å². The number of rotatable bonds is 6. The van der Waals surface area contributed by atoms with E-state index in [1.165, 1.54) is 0 Å². The maximum Gasteiger partial charge on any atom is 0.222 e. The number of amides is 1. The molecule has 9 heteroatoms. The van der Waals surface area contributed by atoms with Gasteiger partial charge >= 0.3 is 0 Å². The Bertz CT molecular complexity index is 602. The fourth-order valence-electron chi connectivity index (χ4n) is 3.00. The highest BCUT2D eigenvalue weighted by atomic mass is 127. The van der Waals surface area contributed by atoms with E-state index in [0.29, 0.717) is 19.5 Å². The number of aliphatic imine (C=N–C) groups is 1. The topological polar surface area (TPSA) is 77.8 Å². The van der Waals surface area contributed by atoms with Crippen LogP contribution < -0.4 is 10.6 Å². The van der Waals surface area contributed by atoms with Gasteiger partial charge in [0.1, 0.15) is 0 Å². The number of likely N-dealkylation sites (N-methyl/N-ethyl adjacent to an activating group) is 2. The van der Waals surface area contributed by atoms with Crippen LogP contribution in [-0.4, -0.2) is 78.3 Å². The zero-order valence-electron chi connectivity index (χ0n) is 16.4. The molecule has 0 radical (unpaired) electrons. The first-order valence-electron chi connectivity index (χ1n) is 8.84. The molecule has 8 nitrogen and oxygen atoms in total. The molecule has 0 saturated carbocycles. The normalized spacial score (nSPS) is 19.3. The number of nitrogens with zero attached hydrogens (tertiary/aromatic N) is 5. The number of aromatic nitrogens is 2. The Kier molecular flexibility index (Phi) is 9.34. The van der Waals surface area contributed by atoms with Crippen LogP contribution in [-0.2, 0) is 11.8 Å². The molecule has 0 aromatic carbocycles. The summed E-state index contributed by atoms with van der Waals surface area (Å²) in [7, 11) is 7.88. The van der Waals surface area contributed by atoms with E-state index in [9.17, 15) is 4.79 Å². The average Bonchev–Trinajstić information content (AvgIpc) is 2.97. The number of carbonyl (C=O) groups is 1. The molecule has 1 saturated heterocycles. The third-order valence-electron chi connectivity index (χ3n) is 4.47. The number of carbonyl (C=O) groups excluding carboxylic acids is 1. The highest BCUT2D eigenvalue weighted by Crippen LogP contribution is 2.17. The van der Waals surface area contributed by atoms with Gasteiger partial charge < -0.3 is 20.4 Å². The maximum atomic E-state index is 11.6. The van der Waals surface area contributed by atoms with E-state index < -0.39 is 0 Å². The van der Waals surface area contributed by atoms with Crippen molar-refractivity contribution in [1.29, 1.82) is 0 Å². The molecule has 0 aliphatic carbocycles. The number of hydrogen-bond donors (Lipinski definition) is 2. The summed E-state index contributed by atoms with van der Waals surface area (Å²) in [4.78, 5) is 20.3. The molecule has 26 heavy (non-hydrogen) atoms. The van der Waals surface area contributed by atoms with Crippen molar-refractivity contribution in [2.24, 2.45) is 12.0 Å². The lowest BCUT2D eigenvalue weighted by Crippen LogP contribution is -2.51. The van der Waals surface area contributed by atoms with Crippen molar-refractivity contribution in [1.82, 2.24) is 30.2 Å². The first-order chi connectivity index (χ1) is 11.9. The van der Waals surface area contributed by atoms with Crippen molar-refractivity contribution < 1.29 is 4.79 Å². The summed E-state index contributed by atoms with van der Waals surface area (Å²) in [6.45, 7) is 4.20. The van der Waals surface area contributed by atoms with Gasteiger partial charge in [0.25, 0.3) is 0 Å². The molecule has 0 bridgehead atoms. The summed E-state index contributed by atoms with van der Waals surface area (Å²) in [6, 6.07) is 0.400. The first-order valence-corrected chi connectivity index (χ1v) is 8.84. The van der Waals surface area contributed by atoms with Crippen LogP contribution in [0.15, 0.2) is 17.4 Å². The minimum atomic E-state index is 0. The Morgan fingerprint density at radius 3 is 2.73 bits per heavy atom. The largest absolute Gasteiger partial charge is 0.357 e. The Morgan fingerprint density at radius 1 is 1.46 bits per heavy atom. The maximum absolute atomic E-state index is 11.6. The van der Waals surface area contributed by atoms with Crippen LogP contribution >= 0.6 is 24.0 Å². The molecule has 0 spiro atoms. The Hall–Kier alpha value is -1.36. The molecule has 2 N–H and O–H groups in total. The fraction of sp³-hybridized carbons (Fsp3) is 0.706.